The van der Waals surface area contributed by atoms with Crippen LogP contribution in [0.2, 0.25) is 0 Å². The molecule has 3 aliphatic heterocycles. The maximum Gasteiger partial charge on any atom is 0.251 e. The highest BCUT2D eigenvalue weighted by atomic mass is 16.5. The summed E-state index contributed by atoms with van der Waals surface area (Å²) >= 11 is 0. The molecule has 7 rings (SSSR count). The lowest BCUT2D eigenvalue weighted by Crippen LogP contribution is -2.57. The van der Waals surface area contributed by atoms with Crippen molar-refractivity contribution in [2.45, 2.75) is 76.2 Å². The average Bonchev–Trinajstić information content (AvgIpc) is 3.49. The van der Waals surface area contributed by atoms with Gasteiger partial charge in [-0.2, -0.15) is 5.10 Å². The van der Waals surface area contributed by atoms with Crippen molar-refractivity contribution in [1.82, 2.24) is 20.4 Å². The Morgan fingerprint density at radius 1 is 1.00 bits per heavy atom. The normalized spacial score (nSPS) is 23.2. The number of fused-ring (bicyclic) bond motifs is 3. The number of aromatic amines is 1. The molecule has 2 N–H and O–H groups in total. The fourth-order valence-electron chi connectivity index (χ4n) is 7.19. The van der Waals surface area contributed by atoms with Gasteiger partial charge in [0.05, 0.1) is 36.5 Å². The van der Waals surface area contributed by atoms with Crippen LogP contribution in [0.3, 0.4) is 0 Å². The second-order valence-corrected chi connectivity index (χ2v) is 12.7. The van der Waals surface area contributed by atoms with Gasteiger partial charge >= 0.3 is 0 Å². The Labute approximate surface area is 247 Å². The standard InChI is InChI=1S/C35H40N4O3/c1-22(2)16-33(23-6-4-3-5-7-23)36-35(40)25-10-15-32-31(17-25)34(38-37-32)24-8-13-29(14-9-24)42-30-18-26-11-12-27(19-30)39(26)28-20-41-21-28/h3-10,13-15,17,22,26-28,30,33H,11-12,16,18-21H2,1-2H3,(H,36,40)(H,37,38)/t26-,27+,30?,33?. The van der Waals surface area contributed by atoms with E-state index in [0.29, 0.717) is 29.6 Å². The van der Waals surface area contributed by atoms with Gasteiger partial charge in [-0.1, -0.05) is 44.2 Å². The summed E-state index contributed by atoms with van der Waals surface area (Å²) < 4.78 is 12.0. The van der Waals surface area contributed by atoms with E-state index in [9.17, 15) is 4.79 Å². The Hall–Kier alpha value is -3.68. The Balaban J connectivity index is 1.05. The Morgan fingerprint density at radius 3 is 2.40 bits per heavy atom. The monoisotopic (exact) mass is 564 g/mol. The molecular formula is C35H40N4O3. The van der Waals surface area contributed by atoms with Crippen molar-refractivity contribution >= 4 is 16.8 Å². The summed E-state index contributed by atoms with van der Waals surface area (Å²) in [4.78, 5) is 16.1. The van der Waals surface area contributed by atoms with Crippen LogP contribution in [0, 0.1) is 5.92 Å². The van der Waals surface area contributed by atoms with Crippen molar-refractivity contribution in [3.8, 4) is 17.0 Å². The Kier molecular flexibility index (Phi) is 7.46. The topological polar surface area (TPSA) is 79.5 Å². The summed E-state index contributed by atoms with van der Waals surface area (Å²) in [6.07, 6.45) is 5.86. The van der Waals surface area contributed by atoms with Crippen molar-refractivity contribution in [2.75, 3.05) is 13.2 Å². The van der Waals surface area contributed by atoms with Gasteiger partial charge < -0.3 is 14.8 Å². The van der Waals surface area contributed by atoms with Crippen LogP contribution < -0.4 is 10.1 Å². The molecular weight excluding hydrogens is 524 g/mol. The molecule has 0 spiro atoms. The van der Waals surface area contributed by atoms with E-state index in [1.54, 1.807) is 0 Å². The average molecular weight is 565 g/mol. The number of ether oxygens (including phenoxy) is 2. The zero-order chi connectivity index (χ0) is 28.6. The molecule has 1 aromatic heterocycles. The molecule has 3 aliphatic rings. The highest BCUT2D eigenvalue weighted by Gasteiger charge is 2.46. The van der Waals surface area contributed by atoms with Crippen LogP contribution in [0.15, 0.2) is 72.8 Å². The fourth-order valence-corrected chi connectivity index (χ4v) is 7.19. The zero-order valence-electron chi connectivity index (χ0n) is 24.5. The lowest BCUT2D eigenvalue weighted by atomic mass is 9.96. The summed E-state index contributed by atoms with van der Waals surface area (Å²) in [6, 6.07) is 26.0. The van der Waals surface area contributed by atoms with Gasteiger partial charge in [0.25, 0.3) is 5.91 Å². The minimum Gasteiger partial charge on any atom is -0.490 e. The third-order valence-electron chi connectivity index (χ3n) is 9.26. The van der Waals surface area contributed by atoms with Gasteiger partial charge in [0, 0.05) is 28.6 Å². The van der Waals surface area contributed by atoms with Gasteiger partial charge in [0.1, 0.15) is 11.9 Å². The van der Waals surface area contributed by atoms with Crippen LogP contribution in [-0.2, 0) is 4.74 Å². The lowest BCUT2D eigenvalue weighted by molar-refractivity contribution is -0.102. The third kappa shape index (κ3) is 5.43. The number of carbonyl (C=O) groups excluding carboxylic acids is 1. The molecule has 4 aromatic rings. The number of benzene rings is 3. The van der Waals surface area contributed by atoms with E-state index >= 15 is 0 Å². The van der Waals surface area contributed by atoms with Gasteiger partial charge in [-0.3, -0.25) is 14.8 Å². The van der Waals surface area contributed by atoms with E-state index in [2.05, 4.69) is 70.7 Å². The molecule has 7 nitrogen and oxygen atoms in total. The summed E-state index contributed by atoms with van der Waals surface area (Å²) in [5.74, 6) is 1.28. The van der Waals surface area contributed by atoms with Crippen LogP contribution in [0.1, 0.15) is 67.9 Å². The molecule has 0 saturated carbocycles. The van der Waals surface area contributed by atoms with Gasteiger partial charge in [0.2, 0.25) is 0 Å². The number of hydrogen-bond donors (Lipinski definition) is 2. The van der Waals surface area contributed by atoms with Crippen molar-refractivity contribution < 1.29 is 14.3 Å². The number of carbonyl (C=O) groups is 1. The van der Waals surface area contributed by atoms with Crippen LogP contribution >= 0.6 is 0 Å². The summed E-state index contributed by atoms with van der Waals surface area (Å²) in [7, 11) is 0. The molecule has 7 heteroatoms. The van der Waals surface area contributed by atoms with Crippen molar-refractivity contribution in [3.05, 3.63) is 83.9 Å². The highest BCUT2D eigenvalue weighted by Crippen LogP contribution is 2.40. The van der Waals surface area contributed by atoms with E-state index in [1.807, 2.05) is 36.4 Å². The number of rotatable bonds is 9. The number of H-pyrrole nitrogens is 1. The fraction of sp³-hybridized carbons (Fsp3) is 0.429. The SMILES string of the molecule is CC(C)CC(NC(=O)c1ccc2[nH]nc(-c3ccc(OC4C[C@H]5CC[C@@H](C4)N5C4COC4)cc3)c2c1)c1ccccc1. The minimum atomic E-state index is -0.0767. The molecule has 2 unspecified atom stereocenters. The first-order valence-electron chi connectivity index (χ1n) is 15.5. The van der Waals surface area contributed by atoms with Gasteiger partial charge in [-0.05, 0) is 86.1 Å². The molecule has 218 valence electrons. The molecule has 4 heterocycles. The molecule has 0 aliphatic carbocycles. The van der Waals surface area contributed by atoms with E-state index < -0.39 is 0 Å². The minimum absolute atomic E-state index is 0.0413. The van der Waals surface area contributed by atoms with Crippen LogP contribution in [-0.4, -0.2) is 58.4 Å². The highest BCUT2D eigenvalue weighted by molar-refractivity contribution is 6.01. The summed E-state index contributed by atoms with van der Waals surface area (Å²) in [5.41, 5.74) is 4.49. The lowest BCUT2D eigenvalue weighted by Gasteiger charge is -2.46. The summed E-state index contributed by atoms with van der Waals surface area (Å²) in [5, 5.41) is 12.0. The van der Waals surface area contributed by atoms with Crippen molar-refractivity contribution in [3.63, 3.8) is 0 Å². The number of nitrogens with zero attached hydrogens (tertiary/aromatic N) is 2. The molecule has 3 fully saturated rings. The van der Waals surface area contributed by atoms with Crippen LogP contribution in [0.4, 0.5) is 0 Å². The van der Waals surface area contributed by atoms with Crippen LogP contribution in [0.25, 0.3) is 22.2 Å². The molecule has 2 bridgehead atoms. The first kappa shape index (κ1) is 27.2. The van der Waals surface area contributed by atoms with E-state index in [4.69, 9.17) is 9.47 Å². The number of amides is 1. The van der Waals surface area contributed by atoms with Crippen molar-refractivity contribution in [1.29, 1.82) is 0 Å². The second kappa shape index (κ2) is 11.5. The first-order valence-corrected chi connectivity index (χ1v) is 15.5. The first-order chi connectivity index (χ1) is 20.5. The molecule has 0 radical (unpaired) electrons. The molecule has 42 heavy (non-hydrogen) atoms. The predicted octanol–water partition coefficient (Wildman–Crippen LogP) is 6.52. The predicted molar refractivity (Wildman–Crippen MR) is 165 cm³/mol. The number of hydrogen-bond acceptors (Lipinski definition) is 5. The van der Waals surface area contributed by atoms with Gasteiger partial charge in [-0.25, -0.2) is 0 Å². The van der Waals surface area contributed by atoms with E-state index in [0.717, 1.165) is 65.9 Å². The zero-order valence-corrected chi connectivity index (χ0v) is 24.5. The third-order valence-corrected chi connectivity index (χ3v) is 9.26. The number of aromatic nitrogens is 2. The largest absolute Gasteiger partial charge is 0.490 e. The van der Waals surface area contributed by atoms with E-state index in [-0.39, 0.29) is 18.1 Å². The Morgan fingerprint density at radius 2 is 1.74 bits per heavy atom. The van der Waals surface area contributed by atoms with Gasteiger partial charge in [-0.15, -0.1) is 0 Å². The molecule has 3 saturated heterocycles. The smallest absolute Gasteiger partial charge is 0.251 e. The van der Waals surface area contributed by atoms with Crippen LogP contribution in [0.5, 0.6) is 5.75 Å². The Bertz CT molecular complexity index is 1520. The number of nitrogens with one attached hydrogen (secondary N) is 2. The maximum absolute atomic E-state index is 13.4. The molecule has 4 atom stereocenters. The number of piperidine rings is 1. The maximum atomic E-state index is 13.4. The summed E-state index contributed by atoms with van der Waals surface area (Å²) in [6.45, 7) is 6.14. The molecule has 3 aromatic carbocycles. The van der Waals surface area contributed by atoms with E-state index in [1.165, 1.54) is 12.8 Å². The quantitative estimate of drug-likeness (QED) is 0.242. The second-order valence-electron chi connectivity index (χ2n) is 12.7. The van der Waals surface area contributed by atoms with Gasteiger partial charge in [0.15, 0.2) is 0 Å². The molecule has 1 amide bonds. The van der Waals surface area contributed by atoms with Crippen molar-refractivity contribution in [2.24, 2.45) is 5.92 Å².